The Morgan fingerprint density at radius 2 is 1.70 bits per heavy atom. The molecule has 160 valence electrons. The van der Waals surface area contributed by atoms with E-state index in [-0.39, 0.29) is 23.7 Å². The maximum Gasteiger partial charge on any atom is 0.226 e. The van der Waals surface area contributed by atoms with Crippen LogP contribution in [0.2, 0.25) is 0 Å². The standard InChI is InChI=1S/C22H25F2N3O2S/c1-30(29)12-8-17(9-13-30)22(28)27-11-10-26(21-7-6-19(24)14-25-21)15-20(27)16-2-4-18(23)5-3-16/h2-7,14,17,20H,1,8-13,15H2. The Balaban J connectivity index is 1.58. The lowest BCUT2D eigenvalue weighted by atomic mass is 9.96. The number of rotatable bonds is 3. The van der Waals surface area contributed by atoms with E-state index >= 15 is 0 Å². The number of piperazine rings is 1. The third-order valence-corrected chi connectivity index (χ3v) is 7.94. The van der Waals surface area contributed by atoms with E-state index in [1.54, 1.807) is 18.2 Å². The molecular weight excluding hydrogens is 408 g/mol. The molecule has 2 aliphatic heterocycles. The molecule has 0 N–H and O–H groups in total. The van der Waals surface area contributed by atoms with E-state index in [2.05, 4.69) is 10.9 Å². The van der Waals surface area contributed by atoms with Gasteiger partial charge in [0, 0.05) is 37.1 Å². The van der Waals surface area contributed by atoms with Crippen LogP contribution in [0.25, 0.3) is 0 Å². The van der Waals surface area contributed by atoms with Crippen molar-refractivity contribution in [1.82, 2.24) is 9.88 Å². The Labute approximate surface area is 175 Å². The number of nitrogens with zero attached hydrogens (tertiary/aromatic N) is 3. The molecule has 30 heavy (non-hydrogen) atoms. The Morgan fingerprint density at radius 1 is 1.03 bits per heavy atom. The molecule has 1 unspecified atom stereocenters. The van der Waals surface area contributed by atoms with Crippen molar-refractivity contribution in [3.63, 3.8) is 0 Å². The molecule has 1 aromatic carbocycles. The molecule has 4 rings (SSSR count). The minimum absolute atomic E-state index is 0.0472. The zero-order valence-corrected chi connectivity index (χ0v) is 17.5. The lowest BCUT2D eigenvalue weighted by Gasteiger charge is -2.44. The molecule has 0 saturated carbocycles. The van der Waals surface area contributed by atoms with Gasteiger partial charge in [-0.3, -0.25) is 9.00 Å². The zero-order chi connectivity index (χ0) is 21.3. The van der Waals surface area contributed by atoms with Crippen LogP contribution in [0.4, 0.5) is 14.6 Å². The summed E-state index contributed by atoms with van der Waals surface area (Å²) in [6, 6.07) is 8.91. The summed E-state index contributed by atoms with van der Waals surface area (Å²) in [5.41, 5.74) is 0.841. The molecular formula is C22H25F2N3O2S. The highest BCUT2D eigenvalue weighted by Gasteiger charge is 2.36. The normalized spacial score (nSPS) is 27.1. The molecule has 0 bridgehead atoms. The number of amides is 1. The predicted octanol–water partition coefficient (Wildman–Crippen LogP) is 2.88. The van der Waals surface area contributed by atoms with Crippen molar-refractivity contribution in [3.8, 4) is 0 Å². The van der Waals surface area contributed by atoms with Crippen LogP contribution in [0.5, 0.6) is 0 Å². The third-order valence-electron chi connectivity index (χ3n) is 5.98. The molecule has 2 saturated heterocycles. The lowest BCUT2D eigenvalue weighted by molar-refractivity contribution is -0.138. The maximum absolute atomic E-state index is 13.5. The molecule has 8 heteroatoms. The average molecular weight is 434 g/mol. The number of benzene rings is 1. The SMILES string of the molecule is C=S1(=O)CCC(C(=O)N2CCN(c3ccc(F)cn3)CC2c2ccc(F)cc2)CC1. The molecule has 0 spiro atoms. The fourth-order valence-corrected chi connectivity index (χ4v) is 5.85. The van der Waals surface area contributed by atoms with Crippen LogP contribution in [0.1, 0.15) is 24.4 Å². The van der Waals surface area contributed by atoms with Gasteiger partial charge in [-0.25, -0.2) is 13.8 Å². The number of halogens is 2. The zero-order valence-electron chi connectivity index (χ0n) is 16.7. The van der Waals surface area contributed by atoms with Crippen LogP contribution in [0.3, 0.4) is 0 Å². The monoisotopic (exact) mass is 433 g/mol. The molecule has 2 fully saturated rings. The second-order valence-corrected chi connectivity index (χ2v) is 10.8. The number of hydrogen-bond acceptors (Lipinski definition) is 4. The molecule has 0 radical (unpaired) electrons. The van der Waals surface area contributed by atoms with E-state index < -0.39 is 15.3 Å². The first kappa shape index (κ1) is 20.8. The van der Waals surface area contributed by atoms with Gasteiger partial charge in [0.15, 0.2) is 0 Å². The van der Waals surface area contributed by atoms with Crippen LogP contribution < -0.4 is 4.90 Å². The van der Waals surface area contributed by atoms with Gasteiger partial charge >= 0.3 is 0 Å². The van der Waals surface area contributed by atoms with E-state index in [1.165, 1.54) is 24.4 Å². The van der Waals surface area contributed by atoms with E-state index in [0.29, 0.717) is 49.8 Å². The molecule has 1 atom stereocenters. The second-order valence-electron chi connectivity index (χ2n) is 8.03. The molecule has 0 aliphatic carbocycles. The Kier molecular flexibility index (Phi) is 5.77. The average Bonchev–Trinajstić information content (AvgIpc) is 2.74. The van der Waals surface area contributed by atoms with E-state index in [1.807, 2.05) is 9.80 Å². The van der Waals surface area contributed by atoms with Crippen LogP contribution in [-0.4, -0.2) is 57.0 Å². The number of carbonyl (C=O) groups excluding carboxylic acids is 1. The molecule has 3 heterocycles. The Bertz CT molecular complexity index is 996. The van der Waals surface area contributed by atoms with Gasteiger partial charge in [-0.2, -0.15) is 0 Å². The van der Waals surface area contributed by atoms with E-state index in [9.17, 15) is 17.8 Å². The second kappa shape index (κ2) is 8.34. The molecule has 5 nitrogen and oxygen atoms in total. The van der Waals surface area contributed by atoms with Gasteiger partial charge in [-0.1, -0.05) is 12.1 Å². The topological polar surface area (TPSA) is 53.5 Å². The summed E-state index contributed by atoms with van der Waals surface area (Å²) in [5.74, 6) is 4.53. The number of anilines is 1. The fourth-order valence-electron chi connectivity index (χ4n) is 4.22. The molecule has 2 aliphatic rings. The summed E-state index contributed by atoms with van der Waals surface area (Å²) in [6.45, 7) is 1.53. The van der Waals surface area contributed by atoms with Crippen LogP contribution in [0, 0.1) is 17.6 Å². The molecule has 2 aromatic rings. The third kappa shape index (κ3) is 4.48. The van der Waals surface area contributed by atoms with E-state index in [0.717, 1.165) is 5.56 Å². The van der Waals surface area contributed by atoms with Gasteiger partial charge in [0.1, 0.15) is 17.5 Å². The first-order valence-corrected chi connectivity index (χ1v) is 12.1. The Hall–Kier alpha value is -2.48. The van der Waals surface area contributed by atoms with Crippen molar-refractivity contribution < 1.29 is 17.8 Å². The van der Waals surface area contributed by atoms with Crippen LogP contribution in [0.15, 0.2) is 42.6 Å². The van der Waals surface area contributed by atoms with Crippen LogP contribution in [-0.2, 0) is 14.3 Å². The largest absolute Gasteiger partial charge is 0.352 e. The summed E-state index contributed by atoms with van der Waals surface area (Å²) in [5, 5.41) is 0. The van der Waals surface area contributed by atoms with Gasteiger partial charge in [0.25, 0.3) is 0 Å². The van der Waals surface area contributed by atoms with E-state index in [4.69, 9.17) is 0 Å². The van der Waals surface area contributed by atoms with Crippen molar-refractivity contribution in [2.45, 2.75) is 18.9 Å². The molecule has 1 aromatic heterocycles. The van der Waals surface area contributed by atoms with Gasteiger partial charge in [0.05, 0.1) is 12.2 Å². The summed E-state index contributed by atoms with van der Waals surface area (Å²) in [4.78, 5) is 21.4. The summed E-state index contributed by atoms with van der Waals surface area (Å²) < 4.78 is 38.9. The highest BCUT2D eigenvalue weighted by atomic mass is 32.2. The summed E-state index contributed by atoms with van der Waals surface area (Å²) in [6.07, 6.45) is 2.34. The van der Waals surface area contributed by atoms with Crippen molar-refractivity contribution >= 4 is 27.1 Å². The highest BCUT2D eigenvalue weighted by molar-refractivity contribution is 8.00. The number of pyridine rings is 1. The first-order chi connectivity index (χ1) is 14.3. The summed E-state index contributed by atoms with van der Waals surface area (Å²) >= 11 is 0. The summed E-state index contributed by atoms with van der Waals surface area (Å²) in [7, 11) is -2.06. The van der Waals surface area contributed by atoms with Gasteiger partial charge in [0.2, 0.25) is 5.91 Å². The minimum atomic E-state index is -2.06. The van der Waals surface area contributed by atoms with Gasteiger partial charge in [-0.15, -0.1) is 0 Å². The smallest absolute Gasteiger partial charge is 0.226 e. The number of hydrogen-bond donors (Lipinski definition) is 0. The van der Waals surface area contributed by atoms with Crippen LogP contribution >= 0.6 is 0 Å². The van der Waals surface area contributed by atoms with Crippen molar-refractivity contribution in [1.29, 1.82) is 0 Å². The Morgan fingerprint density at radius 3 is 2.33 bits per heavy atom. The van der Waals surface area contributed by atoms with Crippen molar-refractivity contribution in [2.75, 3.05) is 36.0 Å². The van der Waals surface area contributed by atoms with Gasteiger partial charge in [-0.05, 0) is 58.1 Å². The highest BCUT2D eigenvalue weighted by Crippen LogP contribution is 2.31. The predicted molar refractivity (Wildman–Crippen MR) is 115 cm³/mol. The van der Waals surface area contributed by atoms with Gasteiger partial charge < -0.3 is 9.80 Å². The minimum Gasteiger partial charge on any atom is -0.352 e. The first-order valence-electron chi connectivity index (χ1n) is 10.1. The van der Waals surface area contributed by atoms with Crippen molar-refractivity contribution in [3.05, 3.63) is 59.8 Å². The lowest BCUT2D eigenvalue weighted by Crippen LogP contribution is -2.53. The van der Waals surface area contributed by atoms with Crippen molar-refractivity contribution in [2.24, 2.45) is 5.92 Å². The quantitative estimate of drug-likeness (QED) is 0.699. The number of aromatic nitrogens is 1. The molecule has 1 amide bonds. The fraction of sp³-hybridized carbons (Fsp3) is 0.409. The maximum atomic E-state index is 13.5. The number of carbonyl (C=O) groups is 1.